The van der Waals surface area contributed by atoms with E-state index in [9.17, 15) is 0 Å². The van der Waals surface area contributed by atoms with E-state index in [1.54, 1.807) is 0 Å². The van der Waals surface area contributed by atoms with E-state index in [0.717, 1.165) is 11.0 Å². The summed E-state index contributed by atoms with van der Waals surface area (Å²) in [6.45, 7) is 2.06. The number of hydrogen-bond acceptors (Lipinski definition) is 1. The summed E-state index contributed by atoms with van der Waals surface area (Å²) in [4.78, 5) is 6.14. The zero-order valence-corrected chi connectivity index (χ0v) is 15.1. The maximum Gasteiger partial charge on any atom is 0.175 e. The van der Waals surface area contributed by atoms with Crippen molar-refractivity contribution >= 4 is 91.0 Å². The number of aryl methyl sites for hydroxylation is 1. The fraction of sp³-hybridized carbons (Fsp3) is 0.222. The van der Waals surface area contributed by atoms with Gasteiger partial charge >= 0.3 is 0 Å². The van der Waals surface area contributed by atoms with Gasteiger partial charge < -0.3 is 9.97 Å². The summed E-state index contributed by atoms with van der Waals surface area (Å²) in [5, 5.41) is 0. The Morgan fingerprint density at radius 3 is 2.33 bits per heavy atom. The number of para-hydroxylation sites is 1. The van der Waals surface area contributed by atoms with E-state index in [1.165, 1.54) is 5.56 Å². The lowest BCUT2D eigenvalue weighted by Crippen LogP contribution is -1.73. The predicted molar refractivity (Wildman–Crippen MR) is 94.1 cm³/mol. The number of halogens is 3. The highest BCUT2D eigenvalue weighted by atomic mass is 127. The Balaban J connectivity index is 0.000000245. The molecular weight excluding hydrogens is 549 g/mol. The highest BCUT2D eigenvalue weighted by molar-refractivity contribution is 14.3. The van der Waals surface area contributed by atoms with Crippen molar-refractivity contribution in [2.45, 2.75) is 6.86 Å². The summed E-state index contributed by atoms with van der Waals surface area (Å²) in [5.74, 6) is 0. The molecule has 82 valence electrons. The zero-order valence-electron chi connectivity index (χ0n) is 7.85. The molecule has 2 rings (SSSR count). The van der Waals surface area contributed by atoms with Gasteiger partial charge in [0, 0.05) is 0 Å². The molecule has 1 heterocycles. The lowest BCUT2D eigenvalue weighted by Gasteiger charge is -1.91. The van der Waals surface area contributed by atoms with Crippen molar-refractivity contribution in [3.63, 3.8) is 0 Å². The van der Waals surface area contributed by atoms with Gasteiger partial charge in [-0.3, -0.25) is 0 Å². The van der Waals surface area contributed by atoms with Crippen LogP contribution in [0, 0.1) is 11.7 Å². The van der Waals surface area contributed by atoms with Gasteiger partial charge in [-0.25, -0.2) is 0 Å². The lowest BCUT2D eigenvalue weighted by atomic mass is 10.2. The van der Waals surface area contributed by atoms with Crippen LogP contribution in [0.4, 0.5) is 0 Å². The Morgan fingerprint density at radius 1 is 1.20 bits per heavy atom. The van der Waals surface area contributed by atoms with Gasteiger partial charge in [0.1, 0.15) is -0.0619 Å². The van der Waals surface area contributed by atoms with Gasteiger partial charge in [-0.2, -0.15) is 0 Å². The van der Waals surface area contributed by atoms with Crippen molar-refractivity contribution in [1.29, 1.82) is 0 Å². The number of H-pyrrole nitrogens is 2. The second kappa shape index (κ2) is 6.74. The normalized spacial score (nSPS) is 10.2. The van der Waals surface area contributed by atoms with Gasteiger partial charge in [-0.1, -0.05) is 79.9 Å². The fourth-order valence-corrected chi connectivity index (χ4v) is 1.42. The molecule has 0 saturated carbocycles. The van der Waals surface area contributed by atoms with Gasteiger partial charge in [0.15, 0.2) is 4.77 Å². The Kier molecular flexibility index (Phi) is 6.37. The van der Waals surface area contributed by atoms with Crippen LogP contribution in [0.1, 0.15) is 5.56 Å². The van der Waals surface area contributed by atoms with E-state index in [4.69, 9.17) is 12.2 Å². The number of hydrogen-bond donors (Lipinski definition) is 2. The van der Waals surface area contributed by atoms with E-state index < -0.39 is 0 Å². The first-order valence-corrected chi connectivity index (χ1v) is 8.25. The highest BCUT2D eigenvalue weighted by Crippen LogP contribution is 2.16. The number of aromatic nitrogens is 2. The minimum Gasteiger partial charge on any atom is -0.331 e. The molecule has 0 unspecified atom stereocenters. The van der Waals surface area contributed by atoms with Crippen LogP contribution in [0.5, 0.6) is 0 Å². The van der Waals surface area contributed by atoms with Crippen LogP contribution in [0.3, 0.4) is 0 Å². The van der Waals surface area contributed by atoms with Gasteiger partial charge in [0.25, 0.3) is 0 Å². The molecule has 0 saturated heterocycles. The van der Waals surface area contributed by atoms with E-state index in [1.807, 2.05) is 12.1 Å². The number of fused-ring (bicyclic) bond motifs is 1. The van der Waals surface area contributed by atoms with Gasteiger partial charge in [-0.05, 0) is 30.8 Å². The Bertz CT molecular complexity index is 487. The van der Waals surface area contributed by atoms with Crippen LogP contribution in [-0.2, 0) is 0 Å². The maximum atomic E-state index is 4.96. The molecule has 0 spiro atoms. The third kappa shape index (κ3) is 4.86. The first-order valence-electron chi connectivity index (χ1n) is 4.10. The molecule has 15 heavy (non-hydrogen) atoms. The minimum atomic E-state index is 0.689. The number of aromatic amines is 2. The highest BCUT2D eigenvalue weighted by Gasteiger charge is 1.96. The van der Waals surface area contributed by atoms with Gasteiger partial charge in [0.05, 0.1) is 11.0 Å². The SMILES string of the molecule is Cc1cccc2[nH]c(=S)[nH]c12.IC(I)I. The van der Waals surface area contributed by atoms with Crippen LogP contribution in [0.25, 0.3) is 11.0 Å². The van der Waals surface area contributed by atoms with Crippen LogP contribution in [0.15, 0.2) is 18.2 Å². The summed E-state index contributed by atoms with van der Waals surface area (Å²) >= 11 is 11.9. The topological polar surface area (TPSA) is 31.6 Å². The van der Waals surface area contributed by atoms with Crippen molar-refractivity contribution in [1.82, 2.24) is 9.97 Å². The molecule has 2 aromatic rings. The molecule has 0 aliphatic carbocycles. The molecule has 0 radical (unpaired) electrons. The smallest absolute Gasteiger partial charge is 0.175 e. The molecule has 1 aromatic carbocycles. The second-order valence-electron chi connectivity index (χ2n) is 2.82. The van der Waals surface area contributed by atoms with Crippen LogP contribution in [-0.4, -0.2) is 9.91 Å². The summed E-state index contributed by atoms with van der Waals surface area (Å²) in [6.07, 6.45) is 0. The maximum absolute atomic E-state index is 4.96. The molecule has 6 heteroatoms. The largest absolute Gasteiger partial charge is 0.331 e. The van der Waals surface area contributed by atoms with E-state index in [2.05, 4.69) is 90.7 Å². The number of rotatable bonds is 0. The molecule has 2 N–H and O–H groups in total. The standard InChI is InChI=1S/C8H8N2S.CHI3/c1-5-3-2-4-6-7(5)10-8(11)9-6;2-1(3)4/h2-4H,1H3,(H2,9,10,11);1H. The molecular formula is C9H9I3N2S. The molecule has 0 bridgehead atoms. The fourth-order valence-electron chi connectivity index (χ4n) is 1.20. The molecule has 0 atom stereocenters. The average molecular weight is 558 g/mol. The monoisotopic (exact) mass is 558 g/mol. The van der Waals surface area contributed by atoms with Crippen molar-refractivity contribution in [2.24, 2.45) is 0 Å². The first-order chi connectivity index (χ1) is 7.00. The van der Waals surface area contributed by atoms with Gasteiger partial charge in [0.2, 0.25) is 0 Å². The Labute approximate surface area is 134 Å². The van der Waals surface area contributed by atoms with Crippen molar-refractivity contribution in [3.8, 4) is 0 Å². The van der Waals surface area contributed by atoms with Crippen LogP contribution in [0.2, 0.25) is 0 Å². The second-order valence-corrected chi connectivity index (χ2v) is 14.1. The summed E-state index contributed by atoms with van der Waals surface area (Å²) in [7, 11) is 0. The zero-order chi connectivity index (χ0) is 11.4. The van der Waals surface area contributed by atoms with Crippen LogP contribution >= 0.6 is 80.0 Å². The number of alkyl halides is 3. The molecule has 0 aliphatic heterocycles. The minimum absolute atomic E-state index is 0.689. The third-order valence-electron chi connectivity index (χ3n) is 1.76. The van der Waals surface area contributed by atoms with E-state index in [-0.39, 0.29) is 0 Å². The average Bonchev–Trinajstić information content (AvgIpc) is 2.46. The third-order valence-corrected chi connectivity index (χ3v) is 1.96. The van der Waals surface area contributed by atoms with E-state index in [0.29, 0.717) is 4.77 Å². The van der Waals surface area contributed by atoms with Crippen molar-refractivity contribution < 1.29 is 0 Å². The Morgan fingerprint density at radius 2 is 1.80 bits per heavy atom. The Hall–Kier alpha value is 1.10. The van der Waals surface area contributed by atoms with E-state index >= 15 is 0 Å². The molecule has 1 aromatic heterocycles. The van der Waals surface area contributed by atoms with Crippen molar-refractivity contribution in [3.05, 3.63) is 28.5 Å². The summed E-state index contributed by atoms with van der Waals surface area (Å²) < 4.78 is 1.43. The first kappa shape index (κ1) is 14.2. The van der Waals surface area contributed by atoms with Crippen LogP contribution < -0.4 is 0 Å². The quantitative estimate of drug-likeness (QED) is 0.263. The molecule has 0 amide bonds. The number of imidazole rings is 1. The molecule has 0 aliphatic rings. The van der Waals surface area contributed by atoms with Crippen molar-refractivity contribution in [2.75, 3.05) is 0 Å². The lowest BCUT2D eigenvalue weighted by molar-refractivity contribution is 1.29. The summed E-state index contributed by atoms with van der Waals surface area (Å²) in [5.41, 5.74) is 3.40. The predicted octanol–water partition coefficient (Wildman–Crippen LogP) is 5.11. The number of benzene rings is 1. The van der Waals surface area contributed by atoms with Gasteiger partial charge in [-0.15, -0.1) is 0 Å². The molecule has 0 fully saturated rings. The molecule has 2 nitrogen and oxygen atoms in total. The number of nitrogens with one attached hydrogen (secondary N) is 2. The summed E-state index contributed by atoms with van der Waals surface area (Å²) in [6, 6.07) is 6.08.